The lowest BCUT2D eigenvalue weighted by atomic mass is 10.0. The number of methoxy groups -OCH3 is 1. The number of rotatable bonds is 2. The average molecular weight is 279 g/mol. The molecule has 5 nitrogen and oxygen atoms in total. The number of ether oxygens (including phenoxy) is 1. The summed E-state index contributed by atoms with van der Waals surface area (Å²) in [6.45, 7) is 0. The Morgan fingerprint density at radius 1 is 1.10 bits per heavy atom. The average Bonchev–Trinajstić information content (AvgIpc) is 3.02. The number of furan rings is 1. The second-order valence-corrected chi connectivity index (χ2v) is 4.82. The quantitative estimate of drug-likeness (QED) is 0.334. The molecule has 3 N–H and O–H groups in total. The van der Waals surface area contributed by atoms with Crippen molar-refractivity contribution in [3.8, 4) is 5.75 Å². The summed E-state index contributed by atoms with van der Waals surface area (Å²) in [7, 11) is 1.66. The number of pyridine rings is 1. The Labute approximate surface area is 120 Å². The number of aromatic nitrogens is 1. The van der Waals surface area contributed by atoms with Crippen LogP contribution in [0.3, 0.4) is 0 Å². The van der Waals surface area contributed by atoms with Gasteiger partial charge in [-0.25, -0.2) is 10.8 Å². The molecule has 0 unspecified atom stereocenters. The Morgan fingerprint density at radius 2 is 1.95 bits per heavy atom. The van der Waals surface area contributed by atoms with Gasteiger partial charge in [0.25, 0.3) is 0 Å². The number of fused-ring (bicyclic) bond motifs is 5. The van der Waals surface area contributed by atoms with Crippen molar-refractivity contribution in [3.63, 3.8) is 0 Å². The van der Waals surface area contributed by atoms with Gasteiger partial charge in [0.15, 0.2) is 5.82 Å². The number of nitrogen functional groups attached to an aromatic ring is 1. The zero-order valence-electron chi connectivity index (χ0n) is 11.4. The molecule has 2 heterocycles. The third-order valence-corrected chi connectivity index (χ3v) is 3.72. The van der Waals surface area contributed by atoms with Gasteiger partial charge in [0.2, 0.25) is 0 Å². The van der Waals surface area contributed by atoms with E-state index in [0.717, 1.165) is 38.4 Å². The summed E-state index contributed by atoms with van der Waals surface area (Å²) in [4.78, 5) is 4.64. The van der Waals surface area contributed by atoms with E-state index < -0.39 is 0 Å². The summed E-state index contributed by atoms with van der Waals surface area (Å²) in [5.74, 6) is 7.01. The molecule has 4 aromatic rings. The zero-order valence-corrected chi connectivity index (χ0v) is 11.4. The Hall–Kier alpha value is -2.79. The molecular weight excluding hydrogens is 266 g/mol. The Morgan fingerprint density at radius 3 is 2.76 bits per heavy atom. The highest BCUT2D eigenvalue weighted by Crippen LogP contribution is 2.34. The van der Waals surface area contributed by atoms with E-state index in [0.29, 0.717) is 5.82 Å². The topological polar surface area (TPSA) is 73.3 Å². The monoisotopic (exact) mass is 279 g/mol. The number of hydrogen-bond acceptors (Lipinski definition) is 5. The lowest BCUT2D eigenvalue weighted by Crippen LogP contribution is -2.08. The SMILES string of the molecule is COc1ccc2c(ccc3c2nc(NN)c2ccoc23)c1. The van der Waals surface area contributed by atoms with Crippen LogP contribution < -0.4 is 16.0 Å². The summed E-state index contributed by atoms with van der Waals surface area (Å²) in [5.41, 5.74) is 4.28. The van der Waals surface area contributed by atoms with Crippen LogP contribution in [0.25, 0.3) is 32.6 Å². The van der Waals surface area contributed by atoms with Crippen molar-refractivity contribution in [1.82, 2.24) is 4.98 Å². The highest BCUT2D eigenvalue weighted by Gasteiger charge is 2.12. The molecule has 0 aliphatic rings. The standard InChI is InChI=1S/C16H13N3O2/c1-20-10-3-5-11-9(8-10)2-4-12-14(11)18-16(19-17)13-6-7-21-15(12)13/h2-8H,17H2,1H3,(H,18,19). The molecule has 0 aliphatic carbocycles. The molecule has 0 atom stereocenters. The smallest absolute Gasteiger partial charge is 0.151 e. The van der Waals surface area contributed by atoms with Crippen LogP contribution in [0, 0.1) is 0 Å². The van der Waals surface area contributed by atoms with Crippen LogP contribution in [-0.2, 0) is 0 Å². The summed E-state index contributed by atoms with van der Waals surface area (Å²) in [6.07, 6.45) is 1.64. The van der Waals surface area contributed by atoms with E-state index in [9.17, 15) is 0 Å². The number of benzene rings is 2. The fourth-order valence-corrected chi connectivity index (χ4v) is 2.71. The van der Waals surface area contributed by atoms with E-state index in [1.165, 1.54) is 0 Å². The fraction of sp³-hybridized carbons (Fsp3) is 0.0625. The second kappa shape index (κ2) is 4.36. The van der Waals surface area contributed by atoms with Crippen LogP contribution in [-0.4, -0.2) is 12.1 Å². The molecule has 0 spiro atoms. The molecule has 0 amide bonds. The van der Waals surface area contributed by atoms with Crippen LogP contribution in [0.2, 0.25) is 0 Å². The highest BCUT2D eigenvalue weighted by molar-refractivity contribution is 6.15. The number of anilines is 1. The number of nitrogens with zero attached hydrogens (tertiary/aromatic N) is 1. The minimum atomic E-state index is 0.606. The van der Waals surface area contributed by atoms with Crippen LogP contribution in [0.4, 0.5) is 5.82 Å². The Bertz CT molecular complexity index is 975. The maximum atomic E-state index is 5.61. The molecule has 2 aromatic heterocycles. The van der Waals surface area contributed by atoms with Gasteiger partial charge in [-0.15, -0.1) is 0 Å². The van der Waals surface area contributed by atoms with E-state index in [1.807, 2.05) is 36.4 Å². The first-order valence-corrected chi connectivity index (χ1v) is 6.56. The normalized spacial score (nSPS) is 11.3. The van der Waals surface area contributed by atoms with Crippen molar-refractivity contribution in [1.29, 1.82) is 0 Å². The molecule has 104 valence electrons. The third kappa shape index (κ3) is 1.64. The van der Waals surface area contributed by atoms with Gasteiger partial charge in [0, 0.05) is 10.8 Å². The first kappa shape index (κ1) is 12.0. The lowest BCUT2D eigenvalue weighted by molar-refractivity contribution is 0.415. The number of nitrogens with one attached hydrogen (secondary N) is 1. The zero-order chi connectivity index (χ0) is 14.4. The maximum absolute atomic E-state index is 5.61. The highest BCUT2D eigenvalue weighted by atomic mass is 16.5. The van der Waals surface area contributed by atoms with Crippen LogP contribution in [0.5, 0.6) is 5.75 Å². The van der Waals surface area contributed by atoms with Crippen LogP contribution in [0.15, 0.2) is 47.1 Å². The van der Waals surface area contributed by atoms with Gasteiger partial charge in [-0.3, -0.25) is 0 Å². The van der Waals surface area contributed by atoms with Crippen molar-refractivity contribution >= 4 is 38.5 Å². The van der Waals surface area contributed by atoms with Gasteiger partial charge >= 0.3 is 0 Å². The number of hydrazine groups is 1. The van der Waals surface area contributed by atoms with Gasteiger partial charge in [-0.2, -0.15) is 0 Å². The van der Waals surface area contributed by atoms with Gasteiger partial charge in [-0.05, 0) is 35.7 Å². The molecule has 0 saturated carbocycles. The molecule has 0 saturated heterocycles. The summed E-state index contributed by atoms with van der Waals surface area (Å²) < 4.78 is 10.9. The first-order valence-electron chi connectivity index (χ1n) is 6.56. The molecule has 0 bridgehead atoms. The second-order valence-electron chi connectivity index (χ2n) is 4.82. The largest absolute Gasteiger partial charge is 0.497 e. The number of nitrogens with two attached hydrogens (primary N) is 1. The van der Waals surface area contributed by atoms with Crippen LogP contribution in [0.1, 0.15) is 0 Å². The first-order chi connectivity index (χ1) is 10.3. The maximum Gasteiger partial charge on any atom is 0.151 e. The van der Waals surface area contributed by atoms with Gasteiger partial charge in [0.1, 0.15) is 11.3 Å². The molecule has 0 aliphatic heterocycles. The van der Waals surface area contributed by atoms with Gasteiger partial charge in [-0.1, -0.05) is 6.07 Å². The lowest BCUT2D eigenvalue weighted by Gasteiger charge is -2.08. The van der Waals surface area contributed by atoms with Crippen LogP contribution >= 0.6 is 0 Å². The van der Waals surface area contributed by atoms with E-state index in [4.69, 9.17) is 15.0 Å². The third-order valence-electron chi connectivity index (χ3n) is 3.72. The van der Waals surface area contributed by atoms with Crippen molar-refractivity contribution < 1.29 is 9.15 Å². The van der Waals surface area contributed by atoms with E-state index in [-0.39, 0.29) is 0 Å². The van der Waals surface area contributed by atoms with E-state index >= 15 is 0 Å². The molecule has 5 heteroatoms. The van der Waals surface area contributed by atoms with Gasteiger partial charge in [0.05, 0.1) is 24.3 Å². The van der Waals surface area contributed by atoms with Crippen molar-refractivity contribution in [3.05, 3.63) is 42.7 Å². The molecule has 0 radical (unpaired) electrons. The van der Waals surface area contributed by atoms with Crippen molar-refractivity contribution in [2.45, 2.75) is 0 Å². The molecular formula is C16H13N3O2. The summed E-state index contributed by atoms with van der Waals surface area (Å²) in [5, 5.41) is 3.93. The van der Waals surface area contributed by atoms with Crippen molar-refractivity contribution in [2.75, 3.05) is 12.5 Å². The predicted molar refractivity (Wildman–Crippen MR) is 83.4 cm³/mol. The summed E-state index contributed by atoms with van der Waals surface area (Å²) >= 11 is 0. The van der Waals surface area contributed by atoms with Crippen molar-refractivity contribution in [2.24, 2.45) is 5.84 Å². The molecule has 2 aromatic carbocycles. The predicted octanol–water partition coefficient (Wildman–Crippen LogP) is 3.43. The Balaban J connectivity index is 2.19. The van der Waals surface area contributed by atoms with E-state index in [1.54, 1.807) is 13.4 Å². The minimum Gasteiger partial charge on any atom is -0.497 e. The molecule has 0 fully saturated rings. The molecule has 21 heavy (non-hydrogen) atoms. The van der Waals surface area contributed by atoms with E-state index in [2.05, 4.69) is 10.4 Å². The Kier molecular flexibility index (Phi) is 2.49. The fourth-order valence-electron chi connectivity index (χ4n) is 2.71. The minimum absolute atomic E-state index is 0.606. The number of hydrogen-bond donors (Lipinski definition) is 2. The van der Waals surface area contributed by atoms with Gasteiger partial charge < -0.3 is 14.6 Å². The molecule has 4 rings (SSSR count). The summed E-state index contributed by atoms with van der Waals surface area (Å²) in [6, 6.07) is 11.8.